The first-order chi connectivity index (χ1) is 13.8. The van der Waals surface area contributed by atoms with Crippen molar-refractivity contribution in [1.82, 2.24) is 5.32 Å². The van der Waals surface area contributed by atoms with E-state index in [1.54, 1.807) is 19.1 Å². The van der Waals surface area contributed by atoms with Crippen LogP contribution in [0.25, 0.3) is 0 Å². The molecule has 9 heteroatoms. The van der Waals surface area contributed by atoms with Gasteiger partial charge in [-0.25, -0.2) is 4.39 Å². The third kappa shape index (κ3) is 5.46. The van der Waals surface area contributed by atoms with Gasteiger partial charge in [-0.3, -0.25) is 4.79 Å². The molecule has 2 aromatic carbocycles. The van der Waals surface area contributed by atoms with Gasteiger partial charge in [0.05, 0.1) is 15.8 Å². The summed E-state index contributed by atoms with van der Waals surface area (Å²) in [4.78, 5) is 22.5. The molecule has 0 heterocycles. The van der Waals surface area contributed by atoms with Crippen molar-refractivity contribution in [1.29, 1.82) is 0 Å². The maximum Gasteiger partial charge on any atom is 0.273 e. The Balaban J connectivity index is 2.30. The summed E-state index contributed by atoms with van der Waals surface area (Å²) in [6.45, 7) is 3.63. The van der Waals surface area contributed by atoms with Crippen molar-refractivity contribution in [3.8, 4) is 0 Å². The van der Waals surface area contributed by atoms with Gasteiger partial charge in [0, 0.05) is 23.7 Å². The van der Waals surface area contributed by atoms with Gasteiger partial charge in [-0.1, -0.05) is 51.7 Å². The van der Waals surface area contributed by atoms with Gasteiger partial charge in [-0.2, -0.15) is 0 Å². The van der Waals surface area contributed by atoms with E-state index in [0.29, 0.717) is 16.8 Å². The molecule has 29 heavy (non-hydrogen) atoms. The van der Waals surface area contributed by atoms with Crippen LogP contribution in [0.3, 0.4) is 0 Å². The number of amides is 1. The van der Waals surface area contributed by atoms with Crippen LogP contribution >= 0.6 is 23.2 Å². The number of hydrogen-bond acceptors (Lipinski definition) is 5. The summed E-state index contributed by atoms with van der Waals surface area (Å²) < 4.78 is 13.6. The minimum Gasteiger partial charge on any atom is -0.398 e. The molecule has 2 aromatic rings. The van der Waals surface area contributed by atoms with Gasteiger partial charge in [0.1, 0.15) is 13.7 Å². The molecular weight excluding hydrogens is 420 g/mol. The smallest absolute Gasteiger partial charge is 0.273 e. The van der Waals surface area contributed by atoms with E-state index in [4.69, 9.17) is 32.9 Å². The lowest BCUT2D eigenvalue weighted by Crippen LogP contribution is -2.29. The number of carbonyl (C=O) groups is 1. The van der Waals surface area contributed by atoms with Crippen LogP contribution in [-0.4, -0.2) is 31.5 Å². The number of oxime groups is 2. The van der Waals surface area contributed by atoms with Gasteiger partial charge in [-0.05, 0) is 31.5 Å². The minimum absolute atomic E-state index is 0.0712. The highest BCUT2D eigenvalue weighted by Gasteiger charge is 2.19. The van der Waals surface area contributed by atoms with Gasteiger partial charge < -0.3 is 15.0 Å². The van der Waals surface area contributed by atoms with Crippen LogP contribution in [0.2, 0.25) is 10.0 Å². The topological polar surface area (TPSA) is 72.3 Å². The first-order valence-corrected chi connectivity index (χ1v) is 9.29. The fourth-order valence-corrected chi connectivity index (χ4v) is 3.04. The van der Waals surface area contributed by atoms with Crippen LogP contribution in [0.1, 0.15) is 29.2 Å². The van der Waals surface area contributed by atoms with E-state index < -0.39 is 11.7 Å². The Morgan fingerprint density at radius 2 is 1.86 bits per heavy atom. The number of halogens is 3. The van der Waals surface area contributed by atoms with E-state index in [-0.39, 0.29) is 22.4 Å². The lowest BCUT2D eigenvalue weighted by Gasteiger charge is -2.13. The quantitative estimate of drug-likeness (QED) is 0.392. The highest BCUT2D eigenvalue weighted by Crippen LogP contribution is 2.25. The van der Waals surface area contributed by atoms with Gasteiger partial charge in [-0.15, -0.1) is 0 Å². The van der Waals surface area contributed by atoms with Gasteiger partial charge in [0.15, 0.2) is 11.5 Å². The van der Waals surface area contributed by atoms with Gasteiger partial charge in [0.2, 0.25) is 0 Å². The number of likely N-dealkylation sites (N-methyl/N-ethyl adjacent to an activating group) is 1. The molecule has 0 radical (unpaired) electrons. The molecule has 0 saturated carbocycles. The average Bonchev–Trinajstić information content (AvgIpc) is 2.70. The number of rotatable bonds is 7. The molecule has 0 atom stereocenters. The zero-order valence-electron chi connectivity index (χ0n) is 16.3. The zero-order valence-corrected chi connectivity index (χ0v) is 17.9. The molecule has 0 fully saturated rings. The molecule has 2 rings (SSSR count). The third-order valence-corrected chi connectivity index (χ3v) is 4.65. The predicted molar refractivity (Wildman–Crippen MR) is 112 cm³/mol. The van der Waals surface area contributed by atoms with E-state index in [1.165, 1.54) is 26.3 Å². The molecule has 6 nitrogen and oxygen atoms in total. The highest BCUT2D eigenvalue weighted by molar-refractivity contribution is 6.45. The van der Waals surface area contributed by atoms with Crippen LogP contribution in [0, 0.1) is 12.7 Å². The molecule has 0 saturated heterocycles. The Labute approximate surface area is 178 Å². The second-order valence-corrected chi connectivity index (χ2v) is 6.82. The summed E-state index contributed by atoms with van der Waals surface area (Å²) in [6, 6.07) is 8.26. The molecule has 154 valence electrons. The fraction of sp³-hybridized carbons (Fsp3) is 0.250. The second-order valence-electron chi connectivity index (χ2n) is 6.01. The lowest BCUT2D eigenvalue weighted by atomic mass is 9.98. The number of benzene rings is 2. The summed E-state index contributed by atoms with van der Waals surface area (Å²) >= 11 is 11.6. The summed E-state index contributed by atoms with van der Waals surface area (Å²) in [6.07, 6.45) is 0. The number of nitrogens with zero attached hydrogens (tertiary/aromatic N) is 2. The Hall–Kier alpha value is -2.64. The summed E-state index contributed by atoms with van der Waals surface area (Å²) in [5.41, 5.74) is 3.27. The lowest BCUT2D eigenvalue weighted by molar-refractivity contribution is -0.114. The van der Waals surface area contributed by atoms with E-state index in [9.17, 15) is 9.18 Å². The van der Waals surface area contributed by atoms with E-state index in [2.05, 4.69) is 15.6 Å². The number of aryl methyl sites for hydroxylation is 1. The number of hydrogen-bond donors (Lipinski definition) is 1. The molecule has 0 spiro atoms. The first-order valence-electron chi connectivity index (χ1n) is 8.53. The zero-order chi connectivity index (χ0) is 21.6. The Morgan fingerprint density at radius 1 is 1.21 bits per heavy atom. The van der Waals surface area contributed by atoms with Crippen molar-refractivity contribution in [2.24, 2.45) is 10.3 Å². The molecule has 0 aliphatic rings. The largest absolute Gasteiger partial charge is 0.398 e. The van der Waals surface area contributed by atoms with Gasteiger partial charge in [0.25, 0.3) is 5.91 Å². The van der Waals surface area contributed by atoms with E-state index in [0.717, 1.165) is 11.1 Å². The summed E-state index contributed by atoms with van der Waals surface area (Å²) in [5.74, 6) is -1.08. The van der Waals surface area contributed by atoms with Crippen molar-refractivity contribution >= 4 is 40.5 Å². The Morgan fingerprint density at radius 3 is 2.45 bits per heavy atom. The Bertz CT molecular complexity index is 954. The van der Waals surface area contributed by atoms with Crippen molar-refractivity contribution in [3.05, 3.63) is 68.4 Å². The van der Waals surface area contributed by atoms with E-state index >= 15 is 0 Å². The summed E-state index contributed by atoms with van der Waals surface area (Å²) in [7, 11) is 2.87. The summed E-state index contributed by atoms with van der Waals surface area (Å²) in [5, 5.41) is 10.2. The van der Waals surface area contributed by atoms with Crippen molar-refractivity contribution in [2.45, 2.75) is 20.5 Å². The predicted octanol–water partition coefficient (Wildman–Crippen LogP) is 4.48. The molecular formula is C20H20Cl2FN3O3. The van der Waals surface area contributed by atoms with Crippen LogP contribution in [0.5, 0.6) is 0 Å². The highest BCUT2D eigenvalue weighted by atomic mass is 35.5. The van der Waals surface area contributed by atoms with Gasteiger partial charge >= 0.3 is 0 Å². The molecule has 0 aromatic heterocycles. The SMILES string of the molecule is CNC(=O)/C(=N/OC)c1cccc(C)c1CO/N=C(\C)c1cc(Cl)c(F)c(Cl)c1. The Kier molecular flexibility index (Phi) is 7.99. The number of nitrogens with one attached hydrogen (secondary N) is 1. The van der Waals surface area contributed by atoms with Crippen molar-refractivity contribution < 1.29 is 18.9 Å². The fourth-order valence-electron chi connectivity index (χ4n) is 2.55. The molecule has 0 aliphatic heterocycles. The van der Waals surface area contributed by atoms with Crippen LogP contribution in [0.15, 0.2) is 40.6 Å². The average molecular weight is 440 g/mol. The molecule has 0 bridgehead atoms. The maximum atomic E-state index is 13.6. The van der Waals surface area contributed by atoms with Crippen LogP contribution in [0.4, 0.5) is 4.39 Å². The van der Waals surface area contributed by atoms with Crippen molar-refractivity contribution in [2.75, 3.05) is 14.2 Å². The minimum atomic E-state index is -0.686. The monoisotopic (exact) mass is 439 g/mol. The molecule has 1 N–H and O–H groups in total. The third-order valence-electron chi connectivity index (χ3n) is 4.10. The van der Waals surface area contributed by atoms with Crippen molar-refractivity contribution in [3.63, 3.8) is 0 Å². The molecule has 0 unspecified atom stereocenters. The van der Waals surface area contributed by atoms with Crippen LogP contribution in [-0.2, 0) is 21.1 Å². The second kappa shape index (κ2) is 10.2. The normalized spacial score (nSPS) is 12.0. The number of carbonyl (C=O) groups excluding carboxylic acids is 1. The molecule has 0 aliphatic carbocycles. The maximum absolute atomic E-state index is 13.6. The standard InChI is InChI=1S/C20H20Cl2FN3O3/c1-11-6-5-7-14(19(26-28-4)20(27)24-3)15(11)10-29-25-12(2)13-8-16(21)18(23)17(22)9-13/h5-9H,10H2,1-4H3,(H,24,27)/b25-12+,26-19+. The van der Waals surface area contributed by atoms with Crippen LogP contribution < -0.4 is 5.32 Å². The van der Waals surface area contributed by atoms with E-state index in [1.807, 2.05) is 13.0 Å². The first kappa shape index (κ1) is 22.6. The molecule has 1 amide bonds.